The molecule has 0 N–H and O–H groups in total. The Bertz CT molecular complexity index is 220. The van der Waals surface area contributed by atoms with Crippen molar-refractivity contribution in [2.24, 2.45) is 0 Å². The number of aryl methyl sites for hydroxylation is 3. The van der Waals surface area contributed by atoms with E-state index in [-0.39, 0.29) is 18.9 Å². The Kier molecular flexibility index (Phi) is 3.71. The third-order valence-corrected chi connectivity index (χ3v) is 1.38. The first kappa shape index (κ1) is 9.75. The third-order valence-electron chi connectivity index (χ3n) is 1.38. The van der Waals surface area contributed by atoms with Gasteiger partial charge in [0.25, 0.3) is 0 Å². The molecule has 48 valence electrons. The summed E-state index contributed by atoms with van der Waals surface area (Å²) in [4.78, 5) is 4.15. The van der Waals surface area contributed by atoms with Crippen LogP contribution in [0.25, 0.3) is 0 Å². The van der Waals surface area contributed by atoms with Gasteiger partial charge >= 0.3 is 18.9 Å². The molecule has 1 rings (SSSR count). The van der Waals surface area contributed by atoms with Gasteiger partial charge in [0, 0.05) is 0 Å². The van der Waals surface area contributed by atoms with E-state index in [1.807, 2.05) is 27.0 Å². The van der Waals surface area contributed by atoms with Crippen LogP contribution in [0, 0.1) is 26.8 Å². The Morgan fingerprint density at radius 1 is 1.30 bits per heavy atom. The molecule has 0 amide bonds. The zero-order valence-corrected chi connectivity index (χ0v) is 7.02. The molecular formula is C8H10LiN. The van der Waals surface area contributed by atoms with Crippen LogP contribution >= 0.6 is 0 Å². The molecule has 1 aromatic rings. The molecule has 0 atom stereocenters. The Labute approximate surface area is 74.0 Å². The maximum absolute atomic E-state index is 4.15. The number of rotatable bonds is 0. The van der Waals surface area contributed by atoms with Crippen molar-refractivity contribution in [1.82, 2.24) is 4.98 Å². The van der Waals surface area contributed by atoms with Crippen LogP contribution in [0.1, 0.15) is 16.8 Å². The molecule has 0 radical (unpaired) electrons. The average molecular weight is 127 g/mol. The summed E-state index contributed by atoms with van der Waals surface area (Å²) in [5.41, 5.74) is 3.33. The number of pyridine rings is 1. The Balaban J connectivity index is 0.000000810. The molecule has 0 aliphatic heterocycles. The predicted octanol–water partition coefficient (Wildman–Crippen LogP) is -1.19. The standard InChI is InChI=1S/C8H10N.Li/c1-6-4-7(2)8(3)9-5-6;/h5H,1-3H3;/q-1;+1. The molecule has 1 heterocycles. The minimum atomic E-state index is 0. The van der Waals surface area contributed by atoms with E-state index in [0.717, 1.165) is 16.8 Å². The maximum Gasteiger partial charge on any atom is 1.00 e. The fourth-order valence-electron chi connectivity index (χ4n) is 0.709. The van der Waals surface area contributed by atoms with Crippen LogP contribution in [0.2, 0.25) is 0 Å². The molecule has 0 bridgehead atoms. The van der Waals surface area contributed by atoms with Gasteiger partial charge in [0.05, 0.1) is 0 Å². The van der Waals surface area contributed by atoms with Gasteiger partial charge in [-0.05, 0) is 0 Å². The largest absolute Gasteiger partial charge is 1.00 e. The maximum atomic E-state index is 4.15. The minimum absolute atomic E-state index is 0. The molecule has 0 aromatic carbocycles. The van der Waals surface area contributed by atoms with Gasteiger partial charge in [0.15, 0.2) is 0 Å². The molecule has 1 aromatic heterocycles. The zero-order valence-electron chi connectivity index (χ0n) is 7.02. The topological polar surface area (TPSA) is 12.9 Å². The predicted molar refractivity (Wildman–Crippen MR) is 37.3 cm³/mol. The fraction of sp³-hybridized carbons (Fsp3) is 0.375. The SMILES string of the molecule is Cc1[c-]c(C)c(C)nc1.[Li+]. The molecule has 0 saturated carbocycles. The van der Waals surface area contributed by atoms with Crippen molar-refractivity contribution < 1.29 is 18.9 Å². The van der Waals surface area contributed by atoms with E-state index in [1.165, 1.54) is 0 Å². The van der Waals surface area contributed by atoms with Gasteiger partial charge in [-0.3, -0.25) is 0 Å². The van der Waals surface area contributed by atoms with E-state index >= 15 is 0 Å². The van der Waals surface area contributed by atoms with Crippen molar-refractivity contribution >= 4 is 0 Å². The second kappa shape index (κ2) is 3.80. The molecule has 0 aliphatic carbocycles. The van der Waals surface area contributed by atoms with Crippen molar-refractivity contribution in [2.45, 2.75) is 20.8 Å². The first-order valence-corrected chi connectivity index (χ1v) is 3.02. The van der Waals surface area contributed by atoms with E-state index < -0.39 is 0 Å². The molecule has 0 aliphatic rings. The van der Waals surface area contributed by atoms with Gasteiger partial charge in [-0.15, -0.1) is 11.1 Å². The van der Waals surface area contributed by atoms with Gasteiger partial charge < -0.3 is 4.98 Å². The molecule has 10 heavy (non-hydrogen) atoms. The molecule has 0 spiro atoms. The second-order valence-corrected chi connectivity index (χ2v) is 2.28. The molecule has 0 unspecified atom stereocenters. The molecular weight excluding hydrogens is 117 g/mol. The Morgan fingerprint density at radius 2 is 1.90 bits per heavy atom. The van der Waals surface area contributed by atoms with Crippen LogP contribution in [-0.2, 0) is 0 Å². The van der Waals surface area contributed by atoms with Crippen molar-refractivity contribution in [1.29, 1.82) is 0 Å². The summed E-state index contributed by atoms with van der Waals surface area (Å²) in [6.45, 7) is 6.01. The van der Waals surface area contributed by atoms with E-state index in [4.69, 9.17) is 0 Å². The Hall–Kier alpha value is -0.253. The van der Waals surface area contributed by atoms with Crippen LogP contribution in [0.4, 0.5) is 0 Å². The number of hydrogen-bond donors (Lipinski definition) is 0. The molecule has 2 heteroatoms. The summed E-state index contributed by atoms with van der Waals surface area (Å²) in [5, 5.41) is 0. The third kappa shape index (κ3) is 2.17. The average Bonchev–Trinajstić information content (AvgIpc) is 1.80. The van der Waals surface area contributed by atoms with Crippen molar-refractivity contribution in [3.05, 3.63) is 29.1 Å². The smallest absolute Gasteiger partial charge is 0.387 e. The number of hydrogen-bond acceptors (Lipinski definition) is 1. The van der Waals surface area contributed by atoms with Crippen LogP contribution < -0.4 is 18.9 Å². The van der Waals surface area contributed by atoms with E-state index in [1.54, 1.807) is 0 Å². The second-order valence-electron chi connectivity index (χ2n) is 2.28. The summed E-state index contributed by atoms with van der Waals surface area (Å²) in [7, 11) is 0. The van der Waals surface area contributed by atoms with Gasteiger partial charge in [0.2, 0.25) is 0 Å². The Morgan fingerprint density at radius 3 is 2.30 bits per heavy atom. The van der Waals surface area contributed by atoms with Crippen LogP contribution in [-0.4, -0.2) is 4.98 Å². The quantitative estimate of drug-likeness (QED) is 0.315. The monoisotopic (exact) mass is 127 g/mol. The van der Waals surface area contributed by atoms with Gasteiger partial charge in [-0.25, -0.2) is 0 Å². The first-order valence-electron chi connectivity index (χ1n) is 3.02. The summed E-state index contributed by atoms with van der Waals surface area (Å²) >= 11 is 0. The van der Waals surface area contributed by atoms with Crippen LogP contribution in [0.15, 0.2) is 6.20 Å². The summed E-state index contributed by atoms with van der Waals surface area (Å²) in [6.07, 6.45) is 1.84. The summed E-state index contributed by atoms with van der Waals surface area (Å²) in [5.74, 6) is 0. The molecule has 0 fully saturated rings. The fourth-order valence-corrected chi connectivity index (χ4v) is 0.709. The number of nitrogens with zero attached hydrogens (tertiary/aromatic N) is 1. The summed E-state index contributed by atoms with van der Waals surface area (Å²) in [6, 6.07) is 3.18. The number of aromatic nitrogens is 1. The van der Waals surface area contributed by atoms with Crippen molar-refractivity contribution in [2.75, 3.05) is 0 Å². The summed E-state index contributed by atoms with van der Waals surface area (Å²) < 4.78 is 0. The van der Waals surface area contributed by atoms with Gasteiger partial charge in [0.1, 0.15) is 0 Å². The van der Waals surface area contributed by atoms with E-state index in [0.29, 0.717) is 0 Å². The minimum Gasteiger partial charge on any atom is -0.387 e. The molecule has 1 nitrogen and oxygen atoms in total. The first-order chi connectivity index (χ1) is 4.20. The van der Waals surface area contributed by atoms with Crippen LogP contribution in [0.5, 0.6) is 0 Å². The van der Waals surface area contributed by atoms with Gasteiger partial charge in [-0.2, -0.15) is 6.07 Å². The van der Waals surface area contributed by atoms with Crippen molar-refractivity contribution in [3.63, 3.8) is 0 Å². The molecule has 0 saturated heterocycles. The normalized spacial score (nSPS) is 8.70. The van der Waals surface area contributed by atoms with Crippen LogP contribution in [0.3, 0.4) is 0 Å². The van der Waals surface area contributed by atoms with E-state index in [2.05, 4.69) is 11.1 Å². The van der Waals surface area contributed by atoms with Gasteiger partial charge in [-0.1, -0.05) is 32.7 Å². The zero-order chi connectivity index (χ0) is 6.85. The van der Waals surface area contributed by atoms with E-state index in [9.17, 15) is 0 Å². The van der Waals surface area contributed by atoms with Crippen molar-refractivity contribution in [3.8, 4) is 0 Å².